The fourth-order valence-electron chi connectivity index (χ4n) is 2.12. The van der Waals surface area contributed by atoms with Crippen molar-refractivity contribution in [2.45, 2.75) is 13.3 Å². The fraction of sp³-hybridized carbons (Fsp3) is 0.222. The molecule has 0 fully saturated rings. The molecule has 1 N–H and O–H groups in total. The molecule has 0 spiro atoms. The van der Waals surface area contributed by atoms with E-state index in [1.807, 2.05) is 0 Å². The normalized spacial score (nSPS) is 10.9. The molecule has 0 aromatic heterocycles. The van der Waals surface area contributed by atoms with Crippen molar-refractivity contribution in [2.24, 2.45) is 0 Å². The van der Waals surface area contributed by atoms with Crippen LogP contribution in [0.1, 0.15) is 17.3 Å². The third-order valence-corrected chi connectivity index (χ3v) is 3.30. The Morgan fingerprint density at radius 1 is 1.04 bits per heavy atom. The van der Waals surface area contributed by atoms with Gasteiger partial charge in [0.05, 0.1) is 12.7 Å². The van der Waals surface area contributed by atoms with Crippen LogP contribution < -0.4 is 19.5 Å². The van der Waals surface area contributed by atoms with Crippen molar-refractivity contribution in [1.29, 1.82) is 0 Å². The number of hydrogen-bond acceptors (Lipinski definition) is 5. The Balaban J connectivity index is 1.96. The van der Waals surface area contributed by atoms with Gasteiger partial charge in [0.2, 0.25) is 0 Å². The largest absolute Gasteiger partial charge is 0.573 e. The van der Waals surface area contributed by atoms with Gasteiger partial charge in [0.15, 0.2) is 12.4 Å². The van der Waals surface area contributed by atoms with Gasteiger partial charge in [-0.2, -0.15) is 0 Å². The molecular weight excluding hydrogens is 367 g/mol. The molecule has 2 aromatic rings. The highest BCUT2D eigenvalue weighted by Gasteiger charge is 2.30. The lowest BCUT2D eigenvalue weighted by Crippen LogP contribution is -2.21. The van der Waals surface area contributed by atoms with Crippen molar-refractivity contribution in [3.63, 3.8) is 0 Å². The van der Waals surface area contributed by atoms with Crippen molar-refractivity contribution in [1.82, 2.24) is 0 Å². The standard InChI is InChI=1S/C18H16F3NO5/c1-11(23)15-9-14(25-2)7-8-16(15)26-10-17(24)22-12-3-5-13(6-4-12)27-18(19,20)21/h3-9H,10H2,1-2H3,(H,22,24). The molecule has 9 heteroatoms. The van der Waals surface area contributed by atoms with Gasteiger partial charge in [0.1, 0.15) is 17.2 Å². The minimum atomic E-state index is -4.79. The van der Waals surface area contributed by atoms with Gasteiger partial charge in [-0.1, -0.05) is 0 Å². The lowest BCUT2D eigenvalue weighted by Gasteiger charge is -2.12. The molecule has 0 saturated heterocycles. The number of carbonyl (C=O) groups excluding carboxylic acids is 2. The molecule has 0 saturated carbocycles. The van der Waals surface area contributed by atoms with E-state index in [4.69, 9.17) is 9.47 Å². The van der Waals surface area contributed by atoms with Crippen LogP contribution in [-0.2, 0) is 4.79 Å². The summed E-state index contributed by atoms with van der Waals surface area (Å²) in [6.07, 6.45) is -4.79. The first-order valence-electron chi connectivity index (χ1n) is 7.65. The highest BCUT2D eigenvalue weighted by molar-refractivity contribution is 5.97. The first-order valence-corrected chi connectivity index (χ1v) is 7.65. The molecule has 144 valence electrons. The maximum Gasteiger partial charge on any atom is 0.573 e. The van der Waals surface area contributed by atoms with Gasteiger partial charge in [0, 0.05) is 5.69 Å². The summed E-state index contributed by atoms with van der Waals surface area (Å²) in [7, 11) is 1.46. The summed E-state index contributed by atoms with van der Waals surface area (Å²) in [4.78, 5) is 23.6. The smallest absolute Gasteiger partial charge is 0.497 e. The molecule has 0 atom stereocenters. The minimum Gasteiger partial charge on any atom is -0.497 e. The predicted octanol–water partition coefficient (Wildman–Crippen LogP) is 3.81. The van der Waals surface area contributed by atoms with E-state index >= 15 is 0 Å². The lowest BCUT2D eigenvalue weighted by molar-refractivity contribution is -0.274. The van der Waals surface area contributed by atoms with Crippen molar-refractivity contribution >= 4 is 17.4 Å². The van der Waals surface area contributed by atoms with E-state index < -0.39 is 24.6 Å². The number of carbonyl (C=O) groups is 2. The number of rotatable bonds is 7. The van der Waals surface area contributed by atoms with Gasteiger partial charge < -0.3 is 19.5 Å². The van der Waals surface area contributed by atoms with E-state index in [0.717, 1.165) is 12.1 Å². The maximum absolute atomic E-state index is 12.1. The Morgan fingerprint density at radius 2 is 1.67 bits per heavy atom. The van der Waals surface area contributed by atoms with Crippen LogP contribution in [0.5, 0.6) is 17.2 Å². The van der Waals surface area contributed by atoms with Crippen molar-refractivity contribution in [2.75, 3.05) is 19.0 Å². The van der Waals surface area contributed by atoms with Crippen LogP contribution in [0.2, 0.25) is 0 Å². The molecule has 0 aliphatic carbocycles. The number of alkyl halides is 3. The first-order chi connectivity index (χ1) is 12.7. The summed E-state index contributed by atoms with van der Waals surface area (Å²) < 4.78 is 50.5. The van der Waals surface area contributed by atoms with Gasteiger partial charge in [-0.3, -0.25) is 9.59 Å². The zero-order valence-electron chi connectivity index (χ0n) is 14.4. The van der Waals surface area contributed by atoms with Gasteiger partial charge in [-0.05, 0) is 49.4 Å². The van der Waals surface area contributed by atoms with Gasteiger partial charge >= 0.3 is 6.36 Å². The Hall–Kier alpha value is -3.23. The Kier molecular flexibility index (Phi) is 6.27. The number of amides is 1. The molecule has 0 aliphatic rings. The SMILES string of the molecule is COc1ccc(OCC(=O)Nc2ccc(OC(F)(F)F)cc2)c(C(C)=O)c1. The molecule has 6 nitrogen and oxygen atoms in total. The molecule has 0 bridgehead atoms. The Labute approximate surface area is 152 Å². The molecule has 27 heavy (non-hydrogen) atoms. The van der Waals surface area contributed by atoms with Crippen molar-refractivity contribution in [3.05, 3.63) is 48.0 Å². The average molecular weight is 383 g/mol. The third-order valence-electron chi connectivity index (χ3n) is 3.30. The minimum absolute atomic E-state index is 0.215. The Bertz CT molecular complexity index is 819. The maximum atomic E-state index is 12.1. The van der Waals surface area contributed by atoms with E-state index in [9.17, 15) is 22.8 Å². The molecule has 0 aliphatic heterocycles. The van der Waals surface area contributed by atoms with Crippen LogP contribution in [0.3, 0.4) is 0 Å². The second-order valence-electron chi connectivity index (χ2n) is 5.33. The van der Waals surface area contributed by atoms with Crippen LogP contribution in [0.25, 0.3) is 0 Å². The van der Waals surface area contributed by atoms with E-state index in [1.165, 1.54) is 38.3 Å². The summed E-state index contributed by atoms with van der Waals surface area (Å²) in [6.45, 7) is 0.958. The zero-order valence-corrected chi connectivity index (χ0v) is 14.4. The van der Waals surface area contributed by atoms with E-state index in [1.54, 1.807) is 6.07 Å². The third kappa shape index (κ3) is 6.21. The first kappa shape index (κ1) is 20.1. The molecular formula is C18H16F3NO5. The van der Waals surface area contributed by atoms with Gasteiger partial charge in [0.25, 0.3) is 5.91 Å². The summed E-state index contributed by atoms with van der Waals surface area (Å²) in [6, 6.07) is 9.24. The number of benzene rings is 2. The number of ketones is 1. The topological polar surface area (TPSA) is 73.9 Å². The van der Waals surface area contributed by atoms with Crippen LogP contribution in [-0.4, -0.2) is 31.8 Å². The second-order valence-corrected chi connectivity index (χ2v) is 5.33. The van der Waals surface area contributed by atoms with Crippen LogP contribution in [0.15, 0.2) is 42.5 Å². The van der Waals surface area contributed by atoms with Crippen molar-refractivity contribution in [3.8, 4) is 17.2 Å². The number of ether oxygens (including phenoxy) is 3. The highest BCUT2D eigenvalue weighted by Crippen LogP contribution is 2.25. The van der Waals surface area contributed by atoms with Gasteiger partial charge in [-0.25, -0.2) is 0 Å². The monoisotopic (exact) mass is 383 g/mol. The molecule has 0 heterocycles. The van der Waals surface area contributed by atoms with Crippen LogP contribution in [0.4, 0.5) is 18.9 Å². The fourth-order valence-corrected chi connectivity index (χ4v) is 2.12. The highest BCUT2D eigenvalue weighted by atomic mass is 19.4. The quantitative estimate of drug-likeness (QED) is 0.736. The van der Waals surface area contributed by atoms with E-state index in [2.05, 4.69) is 10.1 Å². The number of nitrogens with one attached hydrogen (secondary N) is 1. The average Bonchev–Trinajstić information content (AvgIpc) is 2.60. The Morgan fingerprint density at radius 3 is 2.22 bits per heavy atom. The van der Waals surface area contributed by atoms with Crippen LogP contribution >= 0.6 is 0 Å². The second kappa shape index (κ2) is 8.43. The predicted molar refractivity (Wildman–Crippen MR) is 90.2 cm³/mol. The van der Waals surface area contributed by atoms with Gasteiger partial charge in [-0.15, -0.1) is 13.2 Å². The van der Waals surface area contributed by atoms with Crippen LogP contribution in [0, 0.1) is 0 Å². The summed E-state index contributed by atoms with van der Waals surface area (Å²) in [5, 5.41) is 2.46. The number of methoxy groups -OCH3 is 1. The summed E-state index contributed by atoms with van der Waals surface area (Å²) >= 11 is 0. The number of hydrogen-bond donors (Lipinski definition) is 1. The van der Waals surface area contributed by atoms with E-state index in [-0.39, 0.29) is 22.8 Å². The van der Waals surface area contributed by atoms with E-state index in [0.29, 0.717) is 5.75 Å². The summed E-state index contributed by atoms with van der Waals surface area (Å²) in [5.74, 6) is -0.527. The number of Topliss-reactive ketones (excluding diaryl/α,β-unsaturated/α-hetero) is 1. The number of anilines is 1. The molecule has 2 aromatic carbocycles. The molecule has 2 rings (SSSR count). The molecule has 0 radical (unpaired) electrons. The molecule has 0 unspecified atom stereocenters. The summed E-state index contributed by atoms with van der Waals surface area (Å²) in [5.41, 5.74) is 0.524. The van der Waals surface area contributed by atoms with Crippen molar-refractivity contribution < 1.29 is 37.0 Å². The molecule has 1 amide bonds. The number of halogens is 3. The lowest BCUT2D eigenvalue weighted by atomic mass is 10.1. The zero-order chi connectivity index (χ0) is 20.0.